The predicted molar refractivity (Wildman–Crippen MR) is 74.1 cm³/mol. The molecule has 0 saturated heterocycles. The molecule has 2 aromatic rings. The van der Waals surface area contributed by atoms with Gasteiger partial charge in [0.2, 0.25) is 0 Å². The molecule has 0 aliphatic carbocycles. The van der Waals surface area contributed by atoms with Crippen molar-refractivity contribution in [1.82, 2.24) is 4.98 Å². The highest BCUT2D eigenvalue weighted by atomic mass is 32.1. The largest absolute Gasteiger partial charge is 0.486 e. The molecule has 1 aromatic carbocycles. The van der Waals surface area contributed by atoms with E-state index in [-0.39, 0.29) is 5.57 Å². The molecule has 0 amide bonds. The van der Waals surface area contributed by atoms with Gasteiger partial charge < -0.3 is 9.84 Å². The van der Waals surface area contributed by atoms with Crippen molar-refractivity contribution in [1.29, 1.82) is 5.26 Å². The van der Waals surface area contributed by atoms with Gasteiger partial charge in [-0.15, -0.1) is 11.3 Å². The minimum absolute atomic E-state index is 0.303. The summed E-state index contributed by atoms with van der Waals surface area (Å²) < 4.78 is 5.53. The molecule has 5 nitrogen and oxygen atoms in total. The third-order valence-corrected chi connectivity index (χ3v) is 3.16. The summed E-state index contributed by atoms with van der Waals surface area (Å²) in [4.78, 5) is 14.9. The number of rotatable bonds is 5. The number of carbonyl (C=O) groups is 1. The van der Waals surface area contributed by atoms with Gasteiger partial charge in [-0.05, 0) is 18.2 Å². The Kier molecular flexibility index (Phi) is 4.47. The first-order chi connectivity index (χ1) is 9.69. The molecule has 0 saturated carbocycles. The minimum Gasteiger partial charge on any atom is -0.486 e. The van der Waals surface area contributed by atoms with Crippen LogP contribution < -0.4 is 4.74 Å². The molecule has 0 bridgehead atoms. The number of nitriles is 1. The Bertz CT molecular complexity index is 671. The van der Waals surface area contributed by atoms with Crippen LogP contribution in [0.15, 0.2) is 41.3 Å². The van der Waals surface area contributed by atoms with Gasteiger partial charge in [0.1, 0.15) is 29.0 Å². The molecule has 0 radical (unpaired) electrons. The molecule has 0 fully saturated rings. The zero-order chi connectivity index (χ0) is 14.4. The Hall–Kier alpha value is -2.65. The van der Waals surface area contributed by atoms with Gasteiger partial charge in [0.15, 0.2) is 0 Å². The van der Waals surface area contributed by atoms with E-state index in [1.807, 2.05) is 30.3 Å². The third kappa shape index (κ3) is 3.67. The van der Waals surface area contributed by atoms with E-state index >= 15 is 0 Å². The maximum absolute atomic E-state index is 10.7. The molecule has 2 rings (SSSR count). The number of ether oxygens (including phenoxy) is 1. The number of hydrogen-bond donors (Lipinski definition) is 1. The number of nitrogens with zero attached hydrogens (tertiary/aromatic N) is 2. The zero-order valence-corrected chi connectivity index (χ0v) is 11.1. The molecule has 20 heavy (non-hydrogen) atoms. The van der Waals surface area contributed by atoms with Crippen molar-refractivity contribution in [2.24, 2.45) is 0 Å². The summed E-state index contributed by atoms with van der Waals surface area (Å²) in [5.74, 6) is -0.523. The van der Waals surface area contributed by atoms with E-state index in [1.165, 1.54) is 17.4 Å². The zero-order valence-electron chi connectivity index (χ0n) is 10.3. The summed E-state index contributed by atoms with van der Waals surface area (Å²) >= 11 is 1.35. The van der Waals surface area contributed by atoms with Crippen LogP contribution in [0.3, 0.4) is 0 Å². The van der Waals surface area contributed by atoms with Gasteiger partial charge in [-0.3, -0.25) is 0 Å². The smallest absolute Gasteiger partial charge is 0.346 e. The molecule has 0 spiro atoms. The van der Waals surface area contributed by atoms with Crippen LogP contribution in [0.2, 0.25) is 0 Å². The van der Waals surface area contributed by atoms with Crippen LogP contribution in [-0.4, -0.2) is 16.1 Å². The highest BCUT2D eigenvalue weighted by molar-refractivity contribution is 7.09. The number of aromatic nitrogens is 1. The standard InChI is InChI=1S/C14H10N2O3S/c15-7-10(14(17)18)6-11-9-20-13(16-11)8-19-12-4-2-1-3-5-12/h1-6,9H,8H2,(H,17,18)/b10-6+. The fourth-order valence-corrected chi connectivity index (χ4v) is 2.07. The van der Waals surface area contributed by atoms with E-state index in [2.05, 4.69) is 4.98 Å². The maximum atomic E-state index is 10.7. The molecule has 0 unspecified atom stereocenters. The quantitative estimate of drug-likeness (QED) is 0.675. The number of benzene rings is 1. The average Bonchev–Trinajstić information content (AvgIpc) is 2.91. The fourth-order valence-electron chi connectivity index (χ4n) is 1.41. The highest BCUT2D eigenvalue weighted by Crippen LogP contribution is 2.16. The van der Waals surface area contributed by atoms with Crippen molar-refractivity contribution in [3.05, 3.63) is 52.0 Å². The Morgan fingerprint density at radius 3 is 2.85 bits per heavy atom. The lowest BCUT2D eigenvalue weighted by Crippen LogP contribution is -1.98. The highest BCUT2D eigenvalue weighted by Gasteiger charge is 2.08. The van der Waals surface area contributed by atoms with Crippen molar-refractivity contribution in [3.8, 4) is 11.8 Å². The molecular formula is C14H10N2O3S. The number of carboxylic acid groups (broad SMARTS) is 1. The van der Waals surface area contributed by atoms with Crippen molar-refractivity contribution in [2.75, 3.05) is 0 Å². The number of para-hydroxylation sites is 1. The second-order valence-electron chi connectivity index (χ2n) is 3.74. The van der Waals surface area contributed by atoms with Crippen LogP contribution in [0.1, 0.15) is 10.7 Å². The number of carboxylic acids is 1. The Morgan fingerprint density at radius 1 is 1.45 bits per heavy atom. The lowest BCUT2D eigenvalue weighted by molar-refractivity contribution is -0.132. The number of thiazole rings is 1. The van der Waals surface area contributed by atoms with Gasteiger partial charge >= 0.3 is 5.97 Å². The third-order valence-electron chi connectivity index (χ3n) is 2.32. The van der Waals surface area contributed by atoms with Gasteiger partial charge in [0, 0.05) is 5.38 Å². The first-order valence-electron chi connectivity index (χ1n) is 5.66. The minimum atomic E-state index is -1.26. The van der Waals surface area contributed by atoms with E-state index in [0.717, 1.165) is 5.75 Å². The summed E-state index contributed by atoms with van der Waals surface area (Å²) in [6.45, 7) is 0.303. The van der Waals surface area contributed by atoms with Gasteiger partial charge in [0.05, 0.1) is 5.69 Å². The Labute approximate surface area is 119 Å². The van der Waals surface area contributed by atoms with Gasteiger partial charge in [-0.25, -0.2) is 9.78 Å². The second kappa shape index (κ2) is 6.50. The lowest BCUT2D eigenvalue weighted by atomic mass is 10.2. The predicted octanol–water partition coefficient (Wildman–Crippen LogP) is 2.71. The first kappa shape index (κ1) is 13.8. The van der Waals surface area contributed by atoms with Crippen LogP contribution in [0.5, 0.6) is 5.75 Å². The fraction of sp³-hybridized carbons (Fsp3) is 0.0714. The van der Waals surface area contributed by atoms with Crippen LogP contribution in [0.4, 0.5) is 0 Å². The van der Waals surface area contributed by atoms with E-state index < -0.39 is 5.97 Å². The molecule has 1 heterocycles. The van der Waals surface area contributed by atoms with E-state index in [1.54, 1.807) is 11.4 Å². The Balaban J connectivity index is 2.03. The van der Waals surface area contributed by atoms with Gasteiger partial charge in [0.25, 0.3) is 0 Å². The van der Waals surface area contributed by atoms with Crippen molar-refractivity contribution in [2.45, 2.75) is 6.61 Å². The number of aliphatic carboxylic acids is 1. The van der Waals surface area contributed by atoms with Gasteiger partial charge in [-0.1, -0.05) is 18.2 Å². The van der Waals surface area contributed by atoms with Crippen LogP contribution in [-0.2, 0) is 11.4 Å². The maximum Gasteiger partial charge on any atom is 0.346 e. The van der Waals surface area contributed by atoms with E-state index in [4.69, 9.17) is 15.1 Å². The second-order valence-corrected chi connectivity index (χ2v) is 4.69. The summed E-state index contributed by atoms with van der Waals surface area (Å²) in [5.41, 5.74) is 0.103. The summed E-state index contributed by atoms with van der Waals surface area (Å²) in [7, 11) is 0. The molecule has 100 valence electrons. The van der Waals surface area contributed by atoms with E-state index in [9.17, 15) is 4.79 Å². The molecule has 0 aliphatic rings. The summed E-state index contributed by atoms with van der Waals surface area (Å²) in [6, 6.07) is 10.9. The average molecular weight is 286 g/mol. The normalized spacial score (nSPS) is 10.8. The van der Waals surface area contributed by atoms with E-state index in [0.29, 0.717) is 17.3 Å². The number of hydrogen-bond acceptors (Lipinski definition) is 5. The van der Waals surface area contributed by atoms with Crippen LogP contribution >= 0.6 is 11.3 Å². The molecule has 0 aliphatic heterocycles. The first-order valence-corrected chi connectivity index (χ1v) is 6.54. The van der Waals surface area contributed by atoms with Crippen LogP contribution in [0, 0.1) is 11.3 Å². The SMILES string of the molecule is N#C/C(=C\c1csc(COc2ccccc2)n1)C(=O)O. The Morgan fingerprint density at radius 2 is 2.20 bits per heavy atom. The lowest BCUT2D eigenvalue weighted by Gasteiger charge is -2.02. The molecule has 0 atom stereocenters. The molecule has 1 aromatic heterocycles. The summed E-state index contributed by atoms with van der Waals surface area (Å²) in [5, 5.41) is 19.8. The molecular weight excluding hydrogens is 276 g/mol. The van der Waals surface area contributed by atoms with Crippen molar-refractivity contribution >= 4 is 23.4 Å². The van der Waals surface area contributed by atoms with Crippen LogP contribution in [0.25, 0.3) is 6.08 Å². The van der Waals surface area contributed by atoms with Crippen molar-refractivity contribution in [3.63, 3.8) is 0 Å². The molecule has 1 N–H and O–H groups in total. The molecule has 6 heteroatoms. The van der Waals surface area contributed by atoms with Crippen molar-refractivity contribution < 1.29 is 14.6 Å². The van der Waals surface area contributed by atoms with Gasteiger partial charge in [-0.2, -0.15) is 5.26 Å². The monoisotopic (exact) mass is 286 g/mol. The summed E-state index contributed by atoms with van der Waals surface area (Å²) in [6.07, 6.45) is 1.24. The topological polar surface area (TPSA) is 83.2 Å².